The van der Waals surface area contributed by atoms with Crippen LogP contribution < -0.4 is 5.32 Å². The van der Waals surface area contributed by atoms with Crippen molar-refractivity contribution in [1.29, 1.82) is 0 Å². The van der Waals surface area contributed by atoms with E-state index in [1.807, 2.05) is 0 Å². The van der Waals surface area contributed by atoms with E-state index in [1.54, 1.807) is 0 Å². The Morgan fingerprint density at radius 2 is 1.77 bits per heavy atom. The van der Waals surface area contributed by atoms with Crippen LogP contribution in [0, 0.1) is 29.6 Å². The maximum atomic E-state index is 11.3. The lowest BCUT2D eigenvalue weighted by molar-refractivity contribution is -0.119. The summed E-state index contributed by atoms with van der Waals surface area (Å²) in [5.74, 6) is 4.89. The molecule has 2 nitrogen and oxygen atoms in total. The molecule has 13 heavy (non-hydrogen) atoms. The second kappa shape index (κ2) is 1.94. The van der Waals surface area contributed by atoms with Crippen molar-refractivity contribution in [1.82, 2.24) is 5.32 Å². The largest absolute Gasteiger partial charge is 0.353 e. The molecule has 1 heterocycles. The molecule has 0 radical (unpaired) electrons. The van der Waals surface area contributed by atoms with Crippen LogP contribution in [0.15, 0.2) is 0 Å². The van der Waals surface area contributed by atoms with E-state index in [9.17, 15) is 4.79 Å². The van der Waals surface area contributed by atoms with Crippen molar-refractivity contribution in [2.24, 2.45) is 29.6 Å². The minimum absolute atomic E-state index is 0.325. The molecule has 6 atom stereocenters. The van der Waals surface area contributed by atoms with Crippen molar-refractivity contribution in [3.8, 4) is 0 Å². The number of hydrogen-bond donors (Lipinski definition) is 1. The van der Waals surface area contributed by atoms with Crippen LogP contribution in [-0.4, -0.2) is 11.9 Å². The highest BCUT2D eigenvalue weighted by atomic mass is 16.2. The van der Waals surface area contributed by atoms with Crippen molar-refractivity contribution in [3.05, 3.63) is 0 Å². The number of amides is 1. The molecule has 1 N–H and O–H groups in total. The van der Waals surface area contributed by atoms with Crippen LogP contribution >= 0.6 is 0 Å². The summed E-state index contributed by atoms with van der Waals surface area (Å²) >= 11 is 0. The SMILES string of the molecule is O=C1CC2C3CC(C4CCC34)C2N1. The van der Waals surface area contributed by atoms with Gasteiger partial charge in [0.05, 0.1) is 0 Å². The molecule has 1 saturated heterocycles. The molecule has 4 rings (SSSR count). The average molecular weight is 177 g/mol. The molecule has 0 spiro atoms. The Bertz CT molecular complexity index is 262. The van der Waals surface area contributed by atoms with Gasteiger partial charge in [0.2, 0.25) is 5.91 Å². The van der Waals surface area contributed by atoms with Crippen molar-refractivity contribution in [2.75, 3.05) is 0 Å². The van der Waals surface area contributed by atoms with Gasteiger partial charge in [0, 0.05) is 12.5 Å². The van der Waals surface area contributed by atoms with Crippen LogP contribution in [-0.2, 0) is 4.79 Å². The number of carbonyl (C=O) groups is 1. The molecule has 2 heteroatoms. The van der Waals surface area contributed by atoms with E-state index in [0.717, 1.165) is 36.0 Å². The summed E-state index contributed by atoms with van der Waals surface area (Å²) in [6.07, 6.45) is 5.19. The summed E-state index contributed by atoms with van der Waals surface area (Å²) in [5.41, 5.74) is 0. The fourth-order valence-electron chi connectivity index (χ4n) is 4.72. The second-order valence-corrected chi connectivity index (χ2v) is 5.43. The maximum absolute atomic E-state index is 11.3. The predicted octanol–water partition coefficient (Wildman–Crippen LogP) is 1.17. The van der Waals surface area contributed by atoms with E-state index < -0.39 is 0 Å². The van der Waals surface area contributed by atoms with Gasteiger partial charge in [-0.05, 0) is 48.9 Å². The third-order valence-electron chi connectivity index (χ3n) is 5.25. The van der Waals surface area contributed by atoms with Gasteiger partial charge in [-0.15, -0.1) is 0 Å². The van der Waals surface area contributed by atoms with E-state index in [-0.39, 0.29) is 0 Å². The first-order valence-corrected chi connectivity index (χ1v) is 5.64. The highest BCUT2D eigenvalue weighted by Gasteiger charge is 2.62. The third-order valence-corrected chi connectivity index (χ3v) is 5.25. The fourth-order valence-corrected chi connectivity index (χ4v) is 4.72. The molecule has 70 valence electrons. The summed E-state index contributed by atoms with van der Waals surface area (Å²) in [5, 5.41) is 3.19. The zero-order valence-electron chi connectivity index (χ0n) is 7.70. The highest BCUT2D eigenvalue weighted by Crippen LogP contribution is 2.64. The molecule has 0 aromatic carbocycles. The minimum Gasteiger partial charge on any atom is -0.353 e. The number of carbonyl (C=O) groups excluding carboxylic acids is 1. The summed E-state index contributed by atoms with van der Waals surface area (Å²) in [6, 6.07) is 0.596. The molecule has 3 aliphatic carbocycles. The molecule has 2 bridgehead atoms. The van der Waals surface area contributed by atoms with E-state index in [1.165, 1.54) is 19.3 Å². The Hall–Kier alpha value is -0.530. The normalized spacial score (nSPS) is 61.4. The zero-order valence-corrected chi connectivity index (χ0v) is 7.70. The van der Waals surface area contributed by atoms with Gasteiger partial charge < -0.3 is 5.32 Å². The highest BCUT2D eigenvalue weighted by molar-refractivity contribution is 5.79. The van der Waals surface area contributed by atoms with Crippen LogP contribution in [0.5, 0.6) is 0 Å². The van der Waals surface area contributed by atoms with Crippen LogP contribution in [0.1, 0.15) is 25.7 Å². The summed E-state index contributed by atoms with van der Waals surface area (Å²) in [4.78, 5) is 11.3. The molecule has 6 unspecified atom stereocenters. The number of rotatable bonds is 0. The molecule has 3 saturated carbocycles. The molecule has 0 aromatic rings. The van der Waals surface area contributed by atoms with Crippen molar-refractivity contribution >= 4 is 5.91 Å². The Morgan fingerprint density at radius 1 is 1.00 bits per heavy atom. The van der Waals surface area contributed by atoms with Crippen molar-refractivity contribution in [2.45, 2.75) is 31.7 Å². The van der Waals surface area contributed by atoms with Gasteiger partial charge in [0.25, 0.3) is 0 Å². The van der Waals surface area contributed by atoms with Gasteiger partial charge in [0.1, 0.15) is 0 Å². The Kier molecular flexibility index (Phi) is 1.02. The lowest BCUT2D eigenvalue weighted by Gasteiger charge is -2.44. The Morgan fingerprint density at radius 3 is 2.54 bits per heavy atom. The second-order valence-electron chi connectivity index (χ2n) is 5.43. The van der Waals surface area contributed by atoms with Crippen LogP contribution in [0.25, 0.3) is 0 Å². The van der Waals surface area contributed by atoms with Crippen molar-refractivity contribution < 1.29 is 4.79 Å². The van der Waals surface area contributed by atoms with Gasteiger partial charge in [-0.1, -0.05) is 0 Å². The quantitative estimate of drug-likeness (QED) is 0.591. The number of fused-ring (bicyclic) bond motifs is 8. The fraction of sp³-hybridized carbons (Fsp3) is 0.909. The van der Waals surface area contributed by atoms with E-state index >= 15 is 0 Å². The topological polar surface area (TPSA) is 29.1 Å². The predicted molar refractivity (Wildman–Crippen MR) is 47.8 cm³/mol. The van der Waals surface area contributed by atoms with Gasteiger partial charge in [0.15, 0.2) is 0 Å². The summed E-state index contributed by atoms with van der Waals surface area (Å²) in [6.45, 7) is 0. The molecular weight excluding hydrogens is 162 g/mol. The first-order valence-electron chi connectivity index (χ1n) is 5.64. The average Bonchev–Trinajstić information content (AvgIpc) is 2.56. The van der Waals surface area contributed by atoms with E-state index in [4.69, 9.17) is 0 Å². The minimum atomic E-state index is 0.325. The van der Waals surface area contributed by atoms with Crippen molar-refractivity contribution in [3.63, 3.8) is 0 Å². The molecule has 1 amide bonds. The molecular formula is C11H15NO. The maximum Gasteiger partial charge on any atom is 0.220 e. The standard InChI is InChI=1S/C11H15NO/c13-10-4-9-7-3-8(11(9)12-10)6-2-1-5(6)7/h5-9,11H,1-4H2,(H,12,13). The van der Waals surface area contributed by atoms with Gasteiger partial charge >= 0.3 is 0 Å². The van der Waals surface area contributed by atoms with E-state index in [0.29, 0.717) is 11.9 Å². The van der Waals surface area contributed by atoms with Crippen LogP contribution in [0.4, 0.5) is 0 Å². The molecule has 0 aromatic heterocycles. The summed E-state index contributed by atoms with van der Waals surface area (Å²) in [7, 11) is 0. The Labute approximate surface area is 78.1 Å². The lowest BCUT2D eigenvalue weighted by atomic mass is 9.61. The van der Waals surface area contributed by atoms with Crippen LogP contribution in [0.2, 0.25) is 0 Å². The number of hydrogen-bond acceptors (Lipinski definition) is 1. The number of nitrogens with one attached hydrogen (secondary N) is 1. The monoisotopic (exact) mass is 177 g/mol. The Balaban J connectivity index is 1.73. The van der Waals surface area contributed by atoms with E-state index in [2.05, 4.69) is 5.32 Å². The first-order chi connectivity index (χ1) is 6.34. The van der Waals surface area contributed by atoms with Crippen LogP contribution in [0.3, 0.4) is 0 Å². The van der Waals surface area contributed by atoms with Gasteiger partial charge in [-0.2, -0.15) is 0 Å². The molecule has 1 aliphatic heterocycles. The zero-order chi connectivity index (χ0) is 8.58. The molecule has 4 aliphatic rings. The smallest absolute Gasteiger partial charge is 0.220 e. The van der Waals surface area contributed by atoms with Gasteiger partial charge in [-0.25, -0.2) is 0 Å². The third kappa shape index (κ3) is 0.628. The van der Waals surface area contributed by atoms with Gasteiger partial charge in [-0.3, -0.25) is 4.79 Å². The summed E-state index contributed by atoms with van der Waals surface area (Å²) < 4.78 is 0. The lowest BCUT2D eigenvalue weighted by Crippen LogP contribution is -2.45. The first kappa shape index (κ1) is 6.86. The molecule has 4 fully saturated rings.